The van der Waals surface area contributed by atoms with Crippen LogP contribution in [0.2, 0.25) is 0 Å². The number of benzene rings is 1. The average Bonchev–Trinajstić information content (AvgIpc) is 2.66. The topological polar surface area (TPSA) is 63.3 Å². The molecule has 3 heteroatoms. The second-order valence-corrected chi connectivity index (χ2v) is 3.22. The van der Waals surface area contributed by atoms with Crippen LogP contribution in [0.25, 0.3) is 0 Å². The van der Waals surface area contributed by atoms with Crippen molar-refractivity contribution in [2.45, 2.75) is 19.3 Å². The molecule has 1 aromatic rings. The molecule has 0 bridgehead atoms. The first kappa shape index (κ1) is 10.7. The fraction of sp³-hybridized carbons (Fsp3) is 0.364. The number of aryl methyl sites for hydroxylation is 2. The van der Waals surface area contributed by atoms with Crippen molar-refractivity contribution < 1.29 is 9.90 Å². The predicted molar refractivity (Wildman–Crippen MR) is 55.2 cm³/mol. The maximum atomic E-state index is 9.24. The van der Waals surface area contributed by atoms with E-state index >= 15 is 0 Å². The molecular weight excluding hydrogens is 178 g/mol. The van der Waals surface area contributed by atoms with Crippen LogP contribution in [0.5, 0.6) is 0 Å². The predicted octanol–water partition coefficient (Wildman–Crippen LogP) is 1.20. The molecule has 76 valence electrons. The number of hydrogen-bond donors (Lipinski definition) is 2. The number of carboxylic acid groups (broad SMARTS) is 1. The van der Waals surface area contributed by atoms with Gasteiger partial charge in [0.15, 0.2) is 0 Å². The SMILES string of the molecule is NCC(=O)O.c1ccc2c(c1)CCC2. The van der Waals surface area contributed by atoms with Gasteiger partial charge >= 0.3 is 5.97 Å². The smallest absolute Gasteiger partial charge is 0.317 e. The zero-order chi connectivity index (χ0) is 10.4. The van der Waals surface area contributed by atoms with Gasteiger partial charge in [-0.05, 0) is 30.4 Å². The summed E-state index contributed by atoms with van der Waals surface area (Å²) in [6.45, 7) is -0.278. The maximum Gasteiger partial charge on any atom is 0.317 e. The molecule has 1 aromatic carbocycles. The number of aliphatic carboxylic acids is 1. The number of rotatable bonds is 1. The summed E-state index contributed by atoms with van der Waals surface area (Å²) >= 11 is 0. The Balaban J connectivity index is 0.000000171. The van der Waals surface area contributed by atoms with Gasteiger partial charge < -0.3 is 10.8 Å². The zero-order valence-corrected chi connectivity index (χ0v) is 8.07. The van der Waals surface area contributed by atoms with Crippen LogP contribution in [0.3, 0.4) is 0 Å². The highest BCUT2D eigenvalue weighted by Gasteiger charge is 2.07. The number of hydrogen-bond acceptors (Lipinski definition) is 2. The molecule has 1 aliphatic carbocycles. The van der Waals surface area contributed by atoms with E-state index < -0.39 is 5.97 Å². The molecule has 3 N–H and O–H groups in total. The van der Waals surface area contributed by atoms with E-state index in [0.29, 0.717) is 0 Å². The van der Waals surface area contributed by atoms with Crippen molar-refractivity contribution >= 4 is 5.97 Å². The molecule has 0 spiro atoms. The Morgan fingerprint density at radius 1 is 1.29 bits per heavy atom. The molecule has 0 heterocycles. The van der Waals surface area contributed by atoms with Gasteiger partial charge in [0.2, 0.25) is 0 Å². The highest BCUT2D eigenvalue weighted by molar-refractivity contribution is 5.68. The first-order valence-corrected chi connectivity index (χ1v) is 4.72. The summed E-state index contributed by atoms with van der Waals surface area (Å²) in [6.07, 6.45) is 3.96. The van der Waals surface area contributed by atoms with E-state index in [1.54, 1.807) is 11.1 Å². The second-order valence-electron chi connectivity index (χ2n) is 3.22. The maximum absolute atomic E-state index is 9.24. The Morgan fingerprint density at radius 2 is 1.71 bits per heavy atom. The fourth-order valence-electron chi connectivity index (χ4n) is 1.51. The minimum Gasteiger partial charge on any atom is -0.480 e. The van der Waals surface area contributed by atoms with E-state index in [9.17, 15) is 4.79 Å². The largest absolute Gasteiger partial charge is 0.480 e. The van der Waals surface area contributed by atoms with E-state index in [1.807, 2.05) is 0 Å². The number of carboxylic acids is 1. The quantitative estimate of drug-likeness (QED) is 0.704. The Bertz CT molecular complexity index is 287. The summed E-state index contributed by atoms with van der Waals surface area (Å²) in [5.41, 5.74) is 7.71. The highest BCUT2D eigenvalue weighted by Crippen LogP contribution is 2.20. The Labute approximate surface area is 83.6 Å². The van der Waals surface area contributed by atoms with Crippen LogP contribution in [0, 0.1) is 0 Å². The van der Waals surface area contributed by atoms with Crippen LogP contribution in [0.15, 0.2) is 24.3 Å². The van der Waals surface area contributed by atoms with Crippen molar-refractivity contribution in [1.82, 2.24) is 0 Å². The lowest BCUT2D eigenvalue weighted by Gasteiger charge is -1.93. The van der Waals surface area contributed by atoms with Crippen molar-refractivity contribution in [2.24, 2.45) is 5.73 Å². The standard InChI is InChI=1S/C9H10.C2H5NO2/c1-2-5-9-7-3-6-8(9)4-1;3-1-2(4)5/h1-2,4-5H,3,6-7H2;1,3H2,(H,4,5). The minimum atomic E-state index is -0.968. The van der Waals surface area contributed by atoms with E-state index in [1.165, 1.54) is 19.3 Å². The lowest BCUT2D eigenvalue weighted by atomic mass is 10.1. The van der Waals surface area contributed by atoms with E-state index in [4.69, 9.17) is 5.11 Å². The van der Waals surface area contributed by atoms with Crippen molar-refractivity contribution in [3.63, 3.8) is 0 Å². The molecule has 0 radical (unpaired) electrons. The van der Waals surface area contributed by atoms with Crippen LogP contribution in [-0.2, 0) is 17.6 Å². The van der Waals surface area contributed by atoms with Gasteiger partial charge in [0, 0.05) is 0 Å². The molecule has 0 aliphatic heterocycles. The minimum absolute atomic E-state index is 0.278. The normalized spacial score (nSPS) is 12.6. The lowest BCUT2D eigenvalue weighted by molar-refractivity contribution is -0.135. The summed E-state index contributed by atoms with van der Waals surface area (Å²) < 4.78 is 0. The van der Waals surface area contributed by atoms with Gasteiger partial charge in [-0.2, -0.15) is 0 Å². The van der Waals surface area contributed by atoms with Gasteiger partial charge in [0.1, 0.15) is 0 Å². The summed E-state index contributed by atoms with van der Waals surface area (Å²) in [4.78, 5) is 9.24. The summed E-state index contributed by atoms with van der Waals surface area (Å²) in [6, 6.07) is 8.74. The fourth-order valence-corrected chi connectivity index (χ4v) is 1.51. The van der Waals surface area contributed by atoms with Crippen molar-refractivity contribution in [2.75, 3.05) is 6.54 Å². The highest BCUT2D eigenvalue weighted by atomic mass is 16.4. The van der Waals surface area contributed by atoms with E-state index in [0.717, 1.165) is 0 Å². The molecule has 0 saturated heterocycles. The zero-order valence-electron chi connectivity index (χ0n) is 8.07. The summed E-state index contributed by atoms with van der Waals surface area (Å²) in [7, 11) is 0. The molecule has 0 unspecified atom stereocenters. The Morgan fingerprint density at radius 3 is 2.07 bits per heavy atom. The van der Waals surface area contributed by atoms with Gasteiger partial charge in [-0.1, -0.05) is 24.3 Å². The van der Waals surface area contributed by atoms with Crippen LogP contribution in [0.1, 0.15) is 17.5 Å². The average molecular weight is 193 g/mol. The Hall–Kier alpha value is -1.35. The molecule has 0 atom stereocenters. The van der Waals surface area contributed by atoms with Crippen LogP contribution in [0.4, 0.5) is 0 Å². The summed E-state index contributed by atoms with van der Waals surface area (Å²) in [5, 5.41) is 7.60. The van der Waals surface area contributed by atoms with Gasteiger partial charge in [-0.25, -0.2) is 0 Å². The van der Waals surface area contributed by atoms with Crippen LogP contribution < -0.4 is 5.73 Å². The molecule has 2 rings (SSSR count). The van der Waals surface area contributed by atoms with Crippen LogP contribution >= 0.6 is 0 Å². The molecule has 14 heavy (non-hydrogen) atoms. The molecule has 0 aromatic heterocycles. The van der Waals surface area contributed by atoms with Crippen LogP contribution in [-0.4, -0.2) is 17.6 Å². The lowest BCUT2D eigenvalue weighted by Crippen LogP contribution is -2.10. The van der Waals surface area contributed by atoms with Crippen molar-refractivity contribution in [3.8, 4) is 0 Å². The first-order valence-electron chi connectivity index (χ1n) is 4.72. The van der Waals surface area contributed by atoms with Gasteiger partial charge in [0.25, 0.3) is 0 Å². The monoisotopic (exact) mass is 193 g/mol. The molecule has 0 amide bonds. The number of nitrogens with two attached hydrogens (primary N) is 1. The molecule has 1 aliphatic rings. The van der Waals surface area contributed by atoms with E-state index in [-0.39, 0.29) is 6.54 Å². The second kappa shape index (κ2) is 5.40. The van der Waals surface area contributed by atoms with Gasteiger partial charge in [-0.3, -0.25) is 4.79 Å². The molecular formula is C11H15NO2. The van der Waals surface area contributed by atoms with E-state index in [2.05, 4.69) is 30.0 Å². The molecule has 0 saturated carbocycles. The van der Waals surface area contributed by atoms with Gasteiger partial charge in [-0.15, -0.1) is 0 Å². The molecule has 0 fully saturated rings. The molecule has 3 nitrogen and oxygen atoms in total. The summed E-state index contributed by atoms with van der Waals surface area (Å²) in [5.74, 6) is -0.968. The third-order valence-corrected chi connectivity index (χ3v) is 2.19. The third-order valence-electron chi connectivity index (χ3n) is 2.19. The Kier molecular flexibility index (Phi) is 4.13. The number of fused-ring (bicyclic) bond motifs is 1. The van der Waals surface area contributed by atoms with Gasteiger partial charge in [0.05, 0.1) is 6.54 Å². The number of carbonyl (C=O) groups is 1. The first-order chi connectivity index (χ1) is 6.74. The van der Waals surface area contributed by atoms with Crippen molar-refractivity contribution in [1.29, 1.82) is 0 Å². The third kappa shape index (κ3) is 3.18. The van der Waals surface area contributed by atoms with Crippen molar-refractivity contribution in [3.05, 3.63) is 35.4 Å².